The number of amides is 2. The highest BCUT2D eigenvalue weighted by atomic mass is 35.5. The molecule has 3 aromatic carbocycles. The topological polar surface area (TPSA) is 96.0 Å². The van der Waals surface area contributed by atoms with E-state index in [0.717, 1.165) is 22.7 Å². The number of halogens is 1. The summed E-state index contributed by atoms with van der Waals surface area (Å²) in [5, 5.41) is 3.36. The van der Waals surface area contributed by atoms with Crippen molar-refractivity contribution < 1.29 is 22.7 Å². The molecular formula is C30H36ClN3O5S. The maximum atomic E-state index is 14.0. The van der Waals surface area contributed by atoms with E-state index in [-0.39, 0.29) is 23.0 Å². The predicted molar refractivity (Wildman–Crippen MR) is 158 cm³/mol. The molecule has 3 aromatic rings. The number of anilines is 1. The summed E-state index contributed by atoms with van der Waals surface area (Å²) in [6, 6.07) is 19.1. The van der Waals surface area contributed by atoms with Gasteiger partial charge in [0.1, 0.15) is 18.3 Å². The lowest BCUT2D eigenvalue weighted by Gasteiger charge is -2.32. The molecular weight excluding hydrogens is 550 g/mol. The number of aryl methyl sites for hydroxylation is 1. The van der Waals surface area contributed by atoms with Crippen LogP contribution in [-0.2, 0) is 26.2 Å². The Kier molecular flexibility index (Phi) is 11.0. The monoisotopic (exact) mass is 585 g/mol. The van der Waals surface area contributed by atoms with Gasteiger partial charge in [0.05, 0.1) is 17.7 Å². The standard InChI is InChI=1S/C30H36ClN3O5S/c1-5-6-17-32-30(36)23(3)33(20-24-9-7-10-25(31)18-24)29(35)21-34(26-11-8-12-27(19-26)39-4)40(37,38)28-15-13-22(2)14-16-28/h7-16,18-19,23H,5-6,17,20-21H2,1-4H3,(H,32,36)/t23-/m1/s1. The SMILES string of the molecule is CCCCNC(=O)[C@@H](C)N(Cc1cccc(Cl)c1)C(=O)CN(c1cccc(OC)c1)S(=O)(=O)c1ccc(C)cc1. The number of hydrogen-bond acceptors (Lipinski definition) is 5. The Labute approximate surface area is 241 Å². The second kappa shape index (κ2) is 14.2. The number of carbonyl (C=O) groups is 2. The van der Waals surface area contributed by atoms with Gasteiger partial charge in [0, 0.05) is 24.2 Å². The Balaban J connectivity index is 2.02. The van der Waals surface area contributed by atoms with Crippen LogP contribution in [0.2, 0.25) is 5.02 Å². The summed E-state index contributed by atoms with van der Waals surface area (Å²) in [7, 11) is -2.68. The third-order valence-corrected chi connectivity index (χ3v) is 8.49. The van der Waals surface area contributed by atoms with Crippen molar-refractivity contribution in [1.82, 2.24) is 10.2 Å². The van der Waals surface area contributed by atoms with Crippen molar-refractivity contribution in [2.45, 2.75) is 51.1 Å². The van der Waals surface area contributed by atoms with Gasteiger partial charge in [-0.25, -0.2) is 8.42 Å². The number of benzene rings is 3. The molecule has 0 saturated heterocycles. The lowest BCUT2D eigenvalue weighted by atomic mass is 10.1. The third-order valence-electron chi connectivity index (χ3n) is 6.47. The Morgan fingerprint density at radius 2 is 1.73 bits per heavy atom. The largest absolute Gasteiger partial charge is 0.497 e. The fourth-order valence-electron chi connectivity index (χ4n) is 4.08. The summed E-state index contributed by atoms with van der Waals surface area (Å²) in [5.41, 5.74) is 1.87. The molecule has 10 heteroatoms. The quantitative estimate of drug-likeness (QED) is 0.279. The number of sulfonamides is 1. The van der Waals surface area contributed by atoms with E-state index in [1.54, 1.807) is 67.6 Å². The van der Waals surface area contributed by atoms with Crippen molar-refractivity contribution in [1.29, 1.82) is 0 Å². The molecule has 0 heterocycles. The van der Waals surface area contributed by atoms with Crippen LogP contribution in [0.25, 0.3) is 0 Å². The molecule has 0 radical (unpaired) electrons. The molecule has 0 spiro atoms. The molecule has 1 N–H and O–H groups in total. The van der Waals surface area contributed by atoms with E-state index in [0.29, 0.717) is 22.9 Å². The lowest BCUT2D eigenvalue weighted by Crippen LogP contribution is -2.51. The van der Waals surface area contributed by atoms with Crippen LogP contribution in [0, 0.1) is 6.92 Å². The molecule has 0 bridgehead atoms. The minimum atomic E-state index is -4.16. The second-order valence-corrected chi connectivity index (χ2v) is 11.8. The third kappa shape index (κ3) is 7.99. The van der Waals surface area contributed by atoms with E-state index in [2.05, 4.69) is 5.32 Å². The van der Waals surface area contributed by atoms with Crippen molar-refractivity contribution in [2.24, 2.45) is 0 Å². The fraction of sp³-hybridized carbons (Fsp3) is 0.333. The Morgan fingerprint density at radius 3 is 2.38 bits per heavy atom. The molecule has 3 rings (SSSR count). The first-order valence-electron chi connectivity index (χ1n) is 13.1. The number of nitrogens with one attached hydrogen (secondary N) is 1. The molecule has 1 atom stereocenters. The van der Waals surface area contributed by atoms with Gasteiger partial charge < -0.3 is 15.0 Å². The first kappa shape index (κ1) is 31.0. The number of rotatable bonds is 13. The van der Waals surface area contributed by atoms with Gasteiger partial charge >= 0.3 is 0 Å². The van der Waals surface area contributed by atoms with Crippen molar-refractivity contribution in [3.8, 4) is 5.75 Å². The van der Waals surface area contributed by atoms with Gasteiger partial charge in [0.2, 0.25) is 11.8 Å². The van der Waals surface area contributed by atoms with Crippen LogP contribution in [-0.4, -0.2) is 51.4 Å². The van der Waals surface area contributed by atoms with Gasteiger partial charge in [-0.15, -0.1) is 0 Å². The number of carbonyl (C=O) groups excluding carboxylic acids is 2. The molecule has 8 nitrogen and oxygen atoms in total. The molecule has 0 aliphatic rings. The molecule has 0 aliphatic carbocycles. The van der Waals surface area contributed by atoms with Crippen LogP contribution in [0.4, 0.5) is 5.69 Å². The first-order valence-corrected chi connectivity index (χ1v) is 14.9. The average molecular weight is 586 g/mol. The summed E-state index contributed by atoms with van der Waals surface area (Å²) in [6.07, 6.45) is 1.71. The Bertz CT molecular complexity index is 1410. The van der Waals surface area contributed by atoms with Gasteiger partial charge in [0.15, 0.2) is 0 Å². The molecule has 2 amide bonds. The van der Waals surface area contributed by atoms with Gasteiger partial charge in [-0.1, -0.05) is 60.8 Å². The van der Waals surface area contributed by atoms with Crippen LogP contribution in [0.5, 0.6) is 5.75 Å². The predicted octanol–water partition coefficient (Wildman–Crippen LogP) is 5.19. The van der Waals surface area contributed by atoms with Crippen molar-refractivity contribution >= 4 is 39.1 Å². The lowest BCUT2D eigenvalue weighted by molar-refractivity contribution is -0.139. The maximum Gasteiger partial charge on any atom is 0.264 e. The molecule has 0 fully saturated rings. The number of ether oxygens (including phenoxy) is 1. The van der Waals surface area contributed by atoms with E-state index >= 15 is 0 Å². The van der Waals surface area contributed by atoms with Crippen LogP contribution >= 0.6 is 11.6 Å². The highest BCUT2D eigenvalue weighted by Crippen LogP contribution is 2.28. The van der Waals surface area contributed by atoms with Gasteiger partial charge in [0.25, 0.3) is 10.0 Å². The summed E-state index contributed by atoms with van der Waals surface area (Å²) in [5.74, 6) is -0.428. The number of methoxy groups -OCH3 is 1. The number of nitrogens with zero attached hydrogens (tertiary/aromatic N) is 2. The zero-order valence-electron chi connectivity index (χ0n) is 23.3. The zero-order valence-corrected chi connectivity index (χ0v) is 24.8. The molecule has 0 unspecified atom stereocenters. The van der Waals surface area contributed by atoms with E-state index < -0.39 is 28.5 Å². The first-order chi connectivity index (χ1) is 19.1. The fourth-order valence-corrected chi connectivity index (χ4v) is 5.70. The van der Waals surface area contributed by atoms with Crippen LogP contribution in [0.1, 0.15) is 37.8 Å². The summed E-state index contributed by atoms with van der Waals surface area (Å²) in [6.45, 7) is 5.53. The van der Waals surface area contributed by atoms with Crippen molar-refractivity contribution in [3.05, 3.63) is 88.9 Å². The highest BCUT2D eigenvalue weighted by molar-refractivity contribution is 7.92. The van der Waals surface area contributed by atoms with Gasteiger partial charge in [-0.3, -0.25) is 13.9 Å². The molecule has 214 valence electrons. The smallest absolute Gasteiger partial charge is 0.264 e. The summed E-state index contributed by atoms with van der Waals surface area (Å²) in [4.78, 5) is 28.4. The van der Waals surface area contributed by atoms with E-state index in [4.69, 9.17) is 16.3 Å². The molecule has 0 saturated carbocycles. The number of hydrogen-bond donors (Lipinski definition) is 1. The van der Waals surface area contributed by atoms with Crippen LogP contribution in [0.15, 0.2) is 77.7 Å². The normalized spacial score (nSPS) is 11.9. The molecule has 40 heavy (non-hydrogen) atoms. The minimum absolute atomic E-state index is 0.0421. The molecule has 0 aliphatic heterocycles. The Hall–Kier alpha value is -3.56. The minimum Gasteiger partial charge on any atom is -0.497 e. The zero-order chi connectivity index (χ0) is 29.3. The van der Waals surface area contributed by atoms with Crippen LogP contribution in [0.3, 0.4) is 0 Å². The van der Waals surface area contributed by atoms with Gasteiger partial charge in [-0.05, 0) is 62.2 Å². The molecule has 0 aromatic heterocycles. The average Bonchev–Trinajstić information content (AvgIpc) is 2.94. The Morgan fingerprint density at radius 1 is 1.02 bits per heavy atom. The van der Waals surface area contributed by atoms with E-state index in [1.165, 1.54) is 24.1 Å². The van der Waals surface area contributed by atoms with E-state index in [1.807, 2.05) is 13.8 Å². The van der Waals surface area contributed by atoms with Crippen LogP contribution < -0.4 is 14.4 Å². The highest BCUT2D eigenvalue weighted by Gasteiger charge is 2.32. The van der Waals surface area contributed by atoms with Crippen molar-refractivity contribution in [3.63, 3.8) is 0 Å². The second-order valence-electron chi connectivity index (χ2n) is 9.50. The number of unbranched alkanes of at least 4 members (excludes halogenated alkanes) is 1. The summed E-state index contributed by atoms with van der Waals surface area (Å²) >= 11 is 6.18. The van der Waals surface area contributed by atoms with Gasteiger partial charge in [-0.2, -0.15) is 0 Å². The maximum absolute atomic E-state index is 14.0. The summed E-state index contributed by atoms with van der Waals surface area (Å²) < 4.78 is 34.2. The van der Waals surface area contributed by atoms with E-state index in [9.17, 15) is 18.0 Å². The van der Waals surface area contributed by atoms with Crippen molar-refractivity contribution in [2.75, 3.05) is 24.5 Å².